The molecule has 1 saturated carbocycles. The summed E-state index contributed by atoms with van der Waals surface area (Å²) in [4.78, 5) is 17.0. The Labute approximate surface area is 114 Å². The molecule has 0 radical (unpaired) electrons. The molecule has 2 aliphatic rings. The highest BCUT2D eigenvalue weighted by Gasteiger charge is 2.39. The number of nitrogens with zero attached hydrogens (tertiary/aromatic N) is 1. The summed E-state index contributed by atoms with van der Waals surface area (Å²) in [7, 11) is 0. The number of carbonyl (C=O) groups is 1. The van der Waals surface area contributed by atoms with Crippen molar-refractivity contribution in [2.24, 2.45) is 4.99 Å². The molecule has 1 fully saturated rings. The Hall–Kier alpha value is -1.64. The Balaban J connectivity index is 1.92. The third-order valence-corrected chi connectivity index (χ3v) is 4.14. The smallest absolute Gasteiger partial charge is 0.272 e. The maximum atomic E-state index is 12.2. The molecule has 1 heterocycles. The molecule has 19 heavy (non-hydrogen) atoms. The topological polar surface area (TPSA) is 41.5 Å². The second-order valence-electron chi connectivity index (χ2n) is 5.73. The van der Waals surface area contributed by atoms with Gasteiger partial charge in [-0.15, -0.1) is 0 Å². The van der Waals surface area contributed by atoms with E-state index in [0.717, 1.165) is 31.2 Å². The highest BCUT2D eigenvalue weighted by atomic mass is 16.2. The molecule has 1 aromatic rings. The molecular formula is C16H20N2O. The van der Waals surface area contributed by atoms with E-state index in [1.54, 1.807) is 0 Å². The summed E-state index contributed by atoms with van der Waals surface area (Å²) >= 11 is 0. The monoisotopic (exact) mass is 256 g/mol. The molecule has 1 N–H and O–H groups in total. The van der Waals surface area contributed by atoms with Gasteiger partial charge in [0, 0.05) is 5.56 Å². The maximum absolute atomic E-state index is 12.2. The Morgan fingerprint density at radius 1 is 1.05 bits per heavy atom. The first-order chi connectivity index (χ1) is 9.19. The summed E-state index contributed by atoms with van der Waals surface area (Å²) in [5.74, 6) is -0.00856. The number of aliphatic imine (C=N–C) groups is 1. The van der Waals surface area contributed by atoms with E-state index in [9.17, 15) is 4.79 Å². The maximum Gasteiger partial charge on any atom is 0.272 e. The zero-order valence-corrected chi connectivity index (χ0v) is 11.4. The van der Waals surface area contributed by atoms with Crippen LogP contribution in [-0.2, 0) is 4.79 Å². The van der Waals surface area contributed by atoms with Crippen LogP contribution >= 0.6 is 0 Å². The first-order valence-electron chi connectivity index (χ1n) is 7.18. The van der Waals surface area contributed by atoms with Gasteiger partial charge in [0.25, 0.3) is 5.91 Å². The van der Waals surface area contributed by atoms with Crippen LogP contribution in [0.5, 0.6) is 0 Å². The Morgan fingerprint density at radius 2 is 1.68 bits per heavy atom. The van der Waals surface area contributed by atoms with E-state index < -0.39 is 0 Å². The zero-order chi connectivity index (χ0) is 13.3. The van der Waals surface area contributed by atoms with Crippen LogP contribution in [-0.4, -0.2) is 17.3 Å². The summed E-state index contributed by atoms with van der Waals surface area (Å²) in [6.45, 7) is 2.05. The number of amides is 1. The predicted molar refractivity (Wildman–Crippen MR) is 76.3 cm³/mol. The van der Waals surface area contributed by atoms with Gasteiger partial charge < -0.3 is 5.32 Å². The van der Waals surface area contributed by atoms with Crippen molar-refractivity contribution in [1.82, 2.24) is 5.32 Å². The van der Waals surface area contributed by atoms with E-state index in [-0.39, 0.29) is 11.6 Å². The highest BCUT2D eigenvalue weighted by molar-refractivity contribution is 6.46. The van der Waals surface area contributed by atoms with E-state index in [1.165, 1.54) is 18.4 Å². The molecule has 3 rings (SSSR count). The Morgan fingerprint density at radius 3 is 2.32 bits per heavy atom. The second kappa shape index (κ2) is 4.80. The molecule has 1 aliphatic heterocycles. The lowest BCUT2D eigenvalue weighted by atomic mass is 10.0. The van der Waals surface area contributed by atoms with Crippen molar-refractivity contribution >= 4 is 11.6 Å². The van der Waals surface area contributed by atoms with Crippen molar-refractivity contribution in [3.05, 3.63) is 35.4 Å². The van der Waals surface area contributed by atoms with Crippen molar-refractivity contribution < 1.29 is 4.79 Å². The minimum Gasteiger partial charge on any atom is -0.326 e. The Kier molecular flexibility index (Phi) is 3.13. The molecule has 3 nitrogen and oxygen atoms in total. The van der Waals surface area contributed by atoms with Crippen LogP contribution < -0.4 is 5.32 Å². The van der Waals surface area contributed by atoms with Crippen molar-refractivity contribution in [3.63, 3.8) is 0 Å². The van der Waals surface area contributed by atoms with E-state index in [0.29, 0.717) is 5.71 Å². The lowest BCUT2D eigenvalue weighted by Crippen LogP contribution is -2.42. The van der Waals surface area contributed by atoms with Crippen molar-refractivity contribution in [2.45, 2.75) is 51.1 Å². The molecule has 1 spiro atoms. The molecule has 1 aromatic carbocycles. The van der Waals surface area contributed by atoms with Crippen LogP contribution in [0.15, 0.2) is 29.3 Å². The van der Waals surface area contributed by atoms with E-state index in [1.807, 2.05) is 31.2 Å². The third-order valence-electron chi connectivity index (χ3n) is 4.14. The Bertz CT molecular complexity index is 508. The number of aryl methyl sites for hydroxylation is 1. The second-order valence-corrected chi connectivity index (χ2v) is 5.73. The highest BCUT2D eigenvalue weighted by Crippen LogP contribution is 2.32. The number of benzene rings is 1. The minimum atomic E-state index is -0.312. The van der Waals surface area contributed by atoms with Crippen LogP contribution in [0.1, 0.15) is 49.7 Å². The molecule has 0 aromatic heterocycles. The number of nitrogens with one attached hydrogen (secondary N) is 1. The molecule has 100 valence electrons. The van der Waals surface area contributed by atoms with Gasteiger partial charge in [0.05, 0.1) is 0 Å². The van der Waals surface area contributed by atoms with Crippen LogP contribution in [0.25, 0.3) is 0 Å². The number of hydrogen-bond acceptors (Lipinski definition) is 2. The third kappa shape index (κ3) is 2.42. The van der Waals surface area contributed by atoms with E-state index in [4.69, 9.17) is 4.99 Å². The first-order valence-corrected chi connectivity index (χ1v) is 7.18. The zero-order valence-electron chi connectivity index (χ0n) is 11.4. The predicted octanol–water partition coefficient (Wildman–Crippen LogP) is 2.96. The van der Waals surface area contributed by atoms with Gasteiger partial charge in [0.2, 0.25) is 0 Å². The largest absolute Gasteiger partial charge is 0.326 e. The van der Waals surface area contributed by atoms with Gasteiger partial charge in [-0.05, 0) is 32.6 Å². The fourth-order valence-electron chi connectivity index (χ4n) is 3.02. The standard InChI is InChI=1S/C16H20N2O/c1-12-6-8-13(9-7-12)14-15(19)18-16(17-14)10-4-2-3-5-11-16/h6-9H,2-5,10-11H2,1H3,(H,18,19). The summed E-state index contributed by atoms with van der Waals surface area (Å²) in [6, 6.07) is 8.04. The fourth-order valence-corrected chi connectivity index (χ4v) is 3.02. The number of carbonyl (C=O) groups excluding carboxylic acids is 1. The van der Waals surface area contributed by atoms with Crippen LogP contribution in [0.4, 0.5) is 0 Å². The molecule has 0 saturated heterocycles. The van der Waals surface area contributed by atoms with Gasteiger partial charge in [-0.3, -0.25) is 9.79 Å². The van der Waals surface area contributed by atoms with Crippen molar-refractivity contribution in [1.29, 1.82) is 0 Å². The molecule has 1 amide bonds. The molecule has 0 unspecified atom stereocenters. The molecule has 0 bridgehead atoms. The van der Waals surface area contributed by atoms with Gasteiger partial charge in [0.1, 0.15) is 11.4 Å². The van der Waals surface area contributed by atoms with E-state index >= 15 is 0 Å². The fraction of sp³-hybridized carbons (Fsp3) is 0.500. The van der Waals surface area contributed by atoms with Crippen LogP contribution in [0.3, 0.4) is 0 Å². The number of rotatable bonds is 1. The first kappa shape index (κ1) is 12.4. The van der Waals surface area contributed by atoms with E-state index in [2.05, 4.69) is 5.32 Å². The van der Waals surface area contributed by atoms with Crippen molar-refractivity contribution in [3.8, 4) is 0 Å². The molecule has 3 heteroatoms. The molecular weight excluding hydrogens is 236 g/mol. The lowest BCUT2D eigenvalue weighted by Gasteiger charge is -2.24. The number of hydrogen-bond donors (Lipinski definition) is 1. The van der Waals surface area contributed by atoms with Gasteiger partial charge in [-0.25, -0.2) is 0 Å². The summed E-state index contributed by atoms with van der Waals surface area (Å²) in [5, 5.41) is 3.13. The molecule has 1 aliphatic carbocycles. The normalized spacial score (nSPS) is 21.9. The molecule has 0 atom stereocenters. The average molecular weight is 256 g/mol. The van der Waals surface area contributed by atoms with Crippen LogP contribution in [0.2, 0.25) is 0 Å². The SMILES string of the molecule is Cc1ccc(C2=NC3(CCCCCC3)NC2=O)cc1. The van der Waals surface area contributed by atoms with Gasteiger partial charge in [-0.2, -0.15) is 0 Å². The van der Waals surface area contributed by atoms with Crippen molar-refractivity contribution in [2.75, 3.05) is 0 Å². The summed E-state index contributed by atoms with van der Waals surface area (Å²) < 4.78 is 0. The lowest BCUT2D eigenvalue weighted by molar-refractivity contribution is -0.115. The van der Waals surface area contributed by atoms with Gasteiger partial charge in [0.15, 0.2) is 0 Å². The quantitative estimate of drug-likeness (QED) is 0.824. The minimum absolute atomic E-state index is 0.00856. The summed E-state index contributed by atoms with van der Waals surface area (Å²) in [6.07, 6.45) is 6.79. The summed E-state index contributed by atoms with van der Waals surface area (Å²) in [5.41, 5.74) is 2.44. The van der Waals surface area contributed by atoms with Crippen LogP contribution in [0, 0.1) is 6.92 Å². The van der Waals surface area contributed by atoms with Gasteiger partial charge >= 0.3 is 0 Å². The average Bonchev–Trinajstić information content (AvgIpc) is 2.58. The van der Waals surface area contributed by atoms with Gasteiger partial charge in [-0.1, -0.05) is 42.7 Å².